The van der Waals surface area contributed by atoms with Crippen LogP contribution in [0.5, 0.6) is 0 Å². The minimum Gasteiger partial charge on any atom is -0.365 e. The van der Waals surface area contributed by atoms with Crippen LogP contribution in [0.2, 0.25) is 0 Å². The smallest absolute Gasteiger partial charge is 0.329 e. The van der Waals surface area contributed by atoms with Gasteiger partial charge in [-0.3, -0.25) is 9.36 Å². The summed E-state index contributed by atoms with van der Waals surface area (Å²) in [6, 6.07) is 7.79. The second kappa shape index (κ2) is 5.61. The van der Waals surface area contributed by atoms with E-state index in [0.717, 1.165) is 0 Å². The van der Waals surface area contributed by atoms with Crippen LogP contribution in [0.15, 0.2) is 29.8 Å². The Bertz CT molecular complexity index is 566. The standard InChI is InChI=1S/C11H11N2O4P/c12-6-10(11(13)14)5-8-1-3-9(4-2-8)7-18(15,16)17/h1-5H,7H2,(H2,13,14)(H2,15,16,17)/b10-5+. The molecule has 0 aliphatic carbocycles. The topological polar surface area (TPSA) is 124 Å². The molecule has 6 nitrogen and oxygen atoms in total. The SMILES string of the molecule is N#C/C(=C\c1ccc(CP(=O)(O)O)cc1)C(N)=O. The largest absolute Gasteiger partial charge is 0.365 e. The zero-order valence-corrected chi connectivity index (χ0v) is 10.2. The van der Waals surface area contributed by atoms with Gasteiger partial charge in [0, 0.05) is 0 Å². The van der Waals surface area contributed by atoms with Crippen LogP contribution in [0.1, 0.15) is 11.1 Å². The molecule has 0 fully saturated rings. The van der Waals surface area contributed by atoms with Crippen LogP contribution < -0.4 is 5.73 Å². The van der Waals surface area contributed by atoms with Crippen molar-refractivity contribution in [2.45, 2.75) is 6.16 Å². The molecule has 7 heteroatoms. The van der Waals surface area contributed by atoms with Crippen LogP contribution >= 0.6 is 7.60 Å². The van der Waals surface area contributed by atoms with Crippen molar-refractivity contribution in [2.24, 2.45) is 5.73 Å². The lowest BCUT2D eigenvalue weighted by molar-refractivity contribution is -0.114. The van der Waals surface area contributed by atoms with Crippen molar-refractivity contribution in [3.8, 4) is 6.07 Å². The molecule has 0 bridgehead atoms. The number of nitriles is 1. The number of carbonyl (C=O) groups is 1. The maximum atomic E-state index is 10.8. The Kier molecular flexibility index (Phi) is 4.40. The van der Waals surface area contributed by atoms with Gasteiger partial charge >= 0.3 is 7.60 Å². The number of primary amides is 1. The third-order valence-corrected chi connectivity index (χ3v) is 2.84. The molecule has 0 saturated heterocycles. The van der Waals surface area contributed by atoms with Crippen LogP contribution in [0.3, 0.4) is 0 Å². The number of carbonyl (C=O) groups excluding carboxylic acids is 1. The van der Waals surface area contributed by atoms with Gasteiger partial charge in [0.05, 0.1) is 6.16 Å². The Balaban J connectivity index is 2.94. The maximum absolute atomic E-state index is 10.8. The van der Waals surface area contributed by atoms with E-state index in [1.54, 1.807) is 18.2 Å². The van der Waals surface area contributed by atoms with Gasteiger partial charge in [-0.2, -0.15) is 5.26 Å². The van der Waals surface area contributed by atoms with Gasteiger partial charge in [0.25, 0.3) is 5.91 Å². The van der Waals surface area contributed by atoms with E-state index in [0.29, 0.717) is 11.1 Å². The van der Waals surface area contributed by atoms with Crippen LogP contribution in [0, 0.1) is 11.3 Å². The summed E-state index contributed by atoms with van der Waals surface area (Å²) in [6.45, 7) is 0. The van der Waals surface area contributed by atoms with E-state index in [1.807, 2.05) is 0 Å². The fourth-order valence-electron chi connectivity index (χ4n) is 1.28. The zero-order chi connectivity index (χ0) is 13.8. The van der Waals surface area contributed by atoms with E-state index in [9.17, 15) is 9.36 Å². The number of benzene rings is 1. The number of rotatable bonds is 4. The summed E-state index contributed by atoms with van der Waals surface area (Å²) in [4.78, 5) is 28.4. The molecule has 18 heavy (non-hydrogen) atoms. The van der Waals surface area contributed by atoms with E-state index in [1.165, 1.54) is 18.2 Å². The molecule has 0 aliphatic rings. The second-order valence-corrected chi connectivity index (χ2v) is 5.24. The Morgan fingerprint density at radius 1 is 1.39 bits per heavy atom. The fourth-order valence-corrected chi connectivity index (χ4v) is 1.97. The Hall–Kier alpha value is -1.93. The number of hydrogen-bond donors (Lipinski definition) is 3. The van der Waals surface area contributed by atoms with Gasteiger partial charge in [-0.15, -0.1) is 0 Å². The highest BCUT2D eigenvalue weighted by atomic mass is 31.2. The van der Waals surface area contributed by atoms with Gasteiger partial charge in [-0.1, -0.05) is 24.3 Å². The number of nitrogens with zero attached hydrogens (tertiary/aromatic N) is 1. The molecule has 1 aromatic rings. The Morgan fingerprint density at radius 3 is 2.33 bits per heavy atom. The number of nitrogens with two attached hydrogens (primary N) is 1. The van der Waals surface area contributed by atoms with Crippen LogP contribution in [0.4, 0.5) is 0 Å². The lowest BCUT2D eigenvalue weighted by Crippen LogP contribution is -2.12. The molecule has 0 saturated carbocycles. The van der Waals surface area contributed by atoms with E-state index in [2.05, 4.69) is 0 Å². The van der Waals surface area contributed by atoms with Crippen LogP contribution in [-0.4, -0.2) is 15.7 Å². The van der Waals surface area contributed by atoms with E-state index in [4.69, 9.17) is 20.8 Å². The van der Waals surface area contributed by atoms with Crippen molar-refractivity contribution in [1.82, 2.24) is 0 Å². The van der Waals surface area contributed by atoms with Crippen molar-refractivity contribution < 1.29 is 19.1 Å². The van der Waals surface area contributed by atoms with Gasteiger partial charge in [0.15, 0.2) is 0 Å². The lowest BCUT2D eigenvalue weighted by atomic mass is 10.1. The Labute approximate surface area is 104 Å². The normalized spacial score (nSPS) is 11.9. The third kappa shape index (κ3) is 4.52. The van der Waals surface area contributed by atoms with Crippen molar-refractivity contribution in [3.05, 3.63) is 41.0 Å². The van der Waals surface area contributed by atoms with E-state index in [-0.39, 0.29) is 11.7 Å². The first-order valence-corrected chi connectivity index (χ1v) is 6.67. The molecule has 0 spiro atoms. The molecule has 0 heterocycles. The summed E-state index contributed by atoms with van der Waals surface area (Å²) in [5, 5.41) is 8.64. The molecule has 0 unspecified atom stereocenters. The van der Waals surface area contributed by atoms with Gasteiger partial charge in [0.2, 0.25) is 0 Å². The molecule has 0 radical (unpaired) electrons. The highest BCUT2D eigenvalue weighted by Gasteiger charge is 2.13. The number of hydrogen-bond acceptors (Lipinski definition) is 3. The third-order valence-electron chi connectivity index (χ3n) is 2.07. The summed E-state index contributed by atoms with van der Waals surface area (Å²) < 4.78 is 10.8. The summed E-state index contributed by atoms with van der Waals surface area (Å²) in [5.41, 5.74) is 5.82. The first-order valence-electron chi connectivity index (χ1n) is 4.87. The van der Waals surface area contributed by atoms with Crippen LogP contribution in [0.25, 0.3) is 6.08 Å². The molecule has 0 atom stereocenters. The summed E-state index contributed by atoms with van der Waals surface area (Å²) in [7, 11) is -4.09. The highest BCUT2D eigenvalue weighted by Crippen LogP contribution is 2.38. The molecular formula is C11H11N2O4P. The average molecular weight is 266 g/mol. The molecule has 1 aromatic carbocycles. The van der Waals surface area contributed by atoms with Gasteiger partial charge < -0.3 is 15.5 Å². The lowest BCUT2D eigenvalue weighted by Gasteiger charge is -2.04. The van der Waals surface area contributed by atoms with Gasteiger partial charge in [0.1, 0.15) is 11.6 Å². The summed E-state index contributed by atoms with van der Waals surface area (Å²) in [5.74, 6) is -0.822. The number of amides is 1. The maximum Gasteiger partial charge on any atom is 0.329 e. The van der Waals surface area contributed by atoms with Crippen molar-refractivity contribution in [2.75, 3.05) is 0 Å². The molecule has 1 rings (SSSR count). The molecular weight excluding hydrogens is 255 g/mol. The average Bonchev–Trinajstić information content (AvgIpc) is 2.25. The molecule has 94 valence electrons. The minimum atomic E-state index is -4.09. The predicted molar refractivity (Wildman–Crippen MR) is 65.0 cm³/mol. The summed E-state index contributed by atoms with van der Waals surface area (Å²) in [6.07, 6.45) is 0.960. The van der Waals surface area contributed by atoms with E-state index >= 15 is 0 Å². The molecule has 0 aromatic heterocycles. The summed E-state index contributed by atoms with van der Waals surface area (Å²) >= 11 is 0. The van der Waals surface area contributed by atoms with Crippen molar-refractivity contribution in [1.29, 1.82) is 5.26 Å². The predicted octanol–water partition coefficient (Wildman–Crippen LogP) is 0.757. The quantitative estimate of drug-likeness (QED) is 0.421. The fraction of sp³-hybridized carbons (Fsp3) is 0.0909. The molecule has 0 aliphatic heterocycles. The van der Waals surface area contributed by atoms with E-state index < -0.39 is 13.5 Å². The zero-order valence-electron chi connectivity index (χ0n) is 9.28. The Morgan fingerprint density at radius 2 is 1.94 bits per heavy atom. The van der Waals surface area contributed by atoms with Crippen molar-refractivity contribution >= 4 is 19.6 Å². The van der Waals surface area contributed by atoms with Crippen molar-refractivity contribution in [3.63, 3.8) is 0 Å². The molecule has 1 amide bonds. The first-order chi connectivity index (χ1) is 8.31. The highest BCUT2D eigenvalue weighted by molar-refractivity contribution is 7.50. The van der Waals surface area contributed by atoms with Crippen LogP contribution in [-0.2, 0) is 15.5 Å². The first kappa shape index (κ1) is 14.1. The minimum absolute atomic E-state index is 0.183. The van der Waals surface area contributed by atoms with Gasteiger partial charge in [-0.05, 0) is 17.2 Å². The molecule has 4 N–H and O–H groups in total. The van der Waals surface area contributed by atoms with Gasteiger partial charge in [-0.25, -0.2) is 0 Å². The second-order valence-electron chi connectivity index (χ2n) is 3.60. The monoisotopic (exact) mass is 266 g/mol.